The molecule has 22 heteroatoms. The van der Waals surface area contributed by atoms with Crippen LogP contribution in [0.1, 0.15) is 37.1 Å². The molecule has 6 aromatic heterocycles. The molecule has 66 heavy (non-hydrogen) atoms. The van der Waals surface area contributed by atoms with Gasteiger partial charge in [0.25, 0.3) is 0 Å². The fourth-order valence-electron chi connectivity index (χ4n) is 6.20. The highest BCUT2D eigenvalue weighted by Gasteiger charge is 2.18. The molecule has 0 bridgehead atoms. The lowest BCUT2D eigenvalue weighted by molar-refractivity contribution is 0.0514. The van der Waals surface area contributed by atoms with E-state index in [4.69, 9.17) is 52.1 Å². The van der Waals surface area contributed by atoms with Crippen molar-refractivity contribution in [3.05, 3.63) is 150 Å². The van der Waals surface area contributed by atoms with E-state index in [0.29, 0.717) is 33.8 Å². The Morgan fingerprint density at radius 3 is 1.67 bits per heavy atom. The van der Waals surface area contributed by atoms with Gasteiger partial charge in [-0.3, -0.25) is 9.36 Å². The van der Waals surface area contributed by atoms with Gasteiger partial charge in [-0.25, -0.2) is 9.97 Å². The van der Waals surface area contributed by atoms with Crippen LogP contribution in [0.15, 0.2) is 122 Å². The number of ether oxygens (including phenoxy) is 4. The molecule has 18 nitrogen and oxygen atoms in total. The number of halogens is 3. The van der Waals surface area contributed by atoms with Crippen LogP contribution >= 0.6 is 11.6 Å². The number of hydrogen-bond donors (Lipinski definition) is 4. The molecule has 340 valence electrons. The molecule has 6 N–H and O–H groups in total. The summed E-state index contributed by atoms with van der Waals surface area (Å²) in [7, 11) is 1.54. The zero-order chi connectivity index (χ0) is 47.2. The fourth-order valence-corrected chi connectivity index (χ4v) is 6.35. The molecule has 0 saturated heterocycles. The number of anilines is 2. The number of pyridine rings is 2. The number of nitrogens with two attached hydrogens (primary N) is 2. The van der Waals surface area contributed by atoms with Gasteiger partial charge in [-0.1, -0.05) is 54.1 Å². The van der Waals surface area contributed by atoms with Gasteiger partial charge in [-0.05, 0) is 67.4 Å². The summed E-state index contributed by atoms with van der Waals surface area (Å²) in [4.78, 5) is 7.37. The van der Waals surface area contributed by atoms with Crippen molar-refractivity contribution in [2.24, 2.45) is 0 Å². The van der Waals surface area contributed by atoms with Gasteiger partial charge < -0.3 is 40.5 Å². The van der Waals surface area contributed by atoms with E-state index < -0.39 is 19.0 Å². The highest BCUT2D eigenvalue weighted by Crippen LogP contribution is 2.33. The molecule has 0 saturated carbocycles. The predicted octanol–water partition coefficient (Wildman–Crippen LogP) is 5.78. The molecule has 0 spiro atoms. The van der Waals surface area contributed by atoms with E-state index in [1.165, 1.54) is 31.6 Å². The molecular formula is C44H44BClF2N12O6. The number of nitrogens with zero attached hydrogens (tertiary/aromatic N) is 10. The van der Waals surface area contributed by atoms with Crippen LogP contribution in [0, 0.1) is 11.9 Å². The zero-order valence-electron chi connectivity index (χ0n) is 36.0. The van der Waals surface area contributed by atoms with Crippen LogP contribution in [0.3, 0.4) is 0 Å². The fraction of sp³-hybridized carbons (Fsp3) is 0.182. The Morgan fingerprint density at radius 1 is 0.636 bits per heavy atom. The first kappa shape index (κ1) is 48.0. The number of hydrogen-bond acceptors (Lipinski definition) is 16. The summed E-state index contributed by atoms with van der Waals surface area (Å²) in [6.45, 7) is 4.10. The number of rotatable bonds is 14. The predicted molar refractivity (Wildman–Crippen MR) is 243 cm³/mol. The first-order valence-electron chi connectivity index (χ1n) is 19.9. The maximum Gasteiger partial charge on any atom is 0.492 e. The Morgan fingerprint density at radius 2 is 1.14 bits per heavy atom. The lowest BCUT2D eigenvalue weighted by Crippen LogP contribution is -2.31. The minimum Gasteiger partial charge on any atom is -0.468 e. The maximum atomic E-state index is 13.1. The Labute approximate surface area is 382 Å². The summed E-state index contributed by atoms with van der Waals surface area (Å²) < 4.78 is 49.9. The Kier molecular flexibility index (Phi) is 16.7. The molecule has 2 atom stereocenters. The normalized spacial score (nSPS) is 11.7. The second-order valence-electron chi connectivity index (χ2n) is 14.1. The number of methoxy groups -OCH3 is 2. The number of nitrogen functional groups attached to an aromatic ring is 2. The lowest BCUT2D eigenvalue weighted by atomic mass is 9.80. The quantitative estimate of drug-likeness (QED) is 0.0574. The molecular weight excluding hydrogens is 877 g/mol. The number of para-hydroxylation sites is 2. The van der Waals surface area contributed by atoms with Gasteiger partial charge in [0.1, 0.15) is 11.5 Å². The van der Waals surface area contributed by atoms with Crippen LogP contribution in [-0.2, 0) is 9.47 Å². The van der Waals surface area contributed by atoms with Crippen LogP contribution in [0.4, 0.5) is 20.4 Å². The van der Waals surface area contributed by atoms with Crippen molar-refractivity contribution in [2.45, 2.75) is 25.9 Å². The van der Waals surface area contributed by atoms with Crippen LogP contribution in [-0.4, -0.2) is 94.9 Å². The van der Waals surface area contributed by atoms with Crippen LogP contribution < -0.4 is 26.4 Å². The third kappa shape index (κ3) is 12.4. The van der Waals surface area contributed by atoms with Gasteiger partial charge in [0.05, 0.1) is 30.2 Å². The summed E-state index contributed by atoms with van der Waals surface area (Å²) in [5, 5.41) is 42.7. The van der Waals surface area contributed by atoms with Crippen molar-refractivity contribution in [3.63, 3.8) is 0 Å². The summed E-state index contributed by atoms with van der Waals surface area (Å²) in [5.74, 6) is 0.578. The molecule has 0 aliphatic heterocycles. The van der Waals surface area contributed by atoms with Crippen molar-refractivity contribution < 1.29 is 37.8 Å². The van der Waals surface area contributed by atoms with Crippen molar-refractivity contribution >= 4 is 35.8 Å². The Bertz CT molecular complexity index is 2810. The third-order valence-corrected chi connectivity index (χ3v) is 9.91. The molecule has 0 radical (unpaired) electrons. The third-order valence-electron chi connectivity index (χ3n) is 9.72. The number of aromatic nitrogens is 10. The van der Waals surface area contributed by atoms with E-state index in [2.05, 4.69) is 40.6 Å². The van der Waals surface area contributed by atoms with Crippen molar-refractivity contribution in [1.82, 2.24) is 49.9 Å². The summed E-state index contributed by atoms with van der Waals surface area (Å²) >= 11 is 5.85. The second kappa shape index (κ2) is 23.0. The van der Waals surface area contributed by atoms with E-state index >= 15 is 0 Å². The van der Waals surface area contributed by atoms with Crippen molar-refractivity contribution in [1.29, 1.82) is 0 Å². The van der Waals surface area contributed by atoms with Crippen LogP contribution in [0.25, 0.3) is 33.5 Å². The van der Waals surface area contributed by atoms with Crippen LogP contribution in [0.5, 0.6) is 11.5 Å². The molecule has 8 aromatic rings. The minimum atomic E-state index is -1.52. The summed E-state index contributed by atoms with van der Waals surface area (Å²) in [6.07, 6.45) is 10.0. The molecule has 2 unspecified atom stereocenters. The van der Waals surface area contributed by atoms with E-state index in [9.17, 15) is 8.78 Å². The molecule has 0 aliphatic carbocycles. The highest BCUT2D eigenvalue weighted by molar-refractivity contribution is 6.59. The number of benzene rings is 2. The minimum absolute atomic E-state index is 0.0870. The van der Waals surface area contributed by atoms with Gasteiger partial charge in [0.2, 0.25) is 11.9 Å². The Hall–Kier alpha value is -7.43. The molecule has 6 heterocycles. The molecule has 0 amide bonds. The molecule has 0 aliphatic rings. The average Bonchev–Trinajstić information content (AvgIpc) is 4.04. The van der Waals surface area contributed by atoms with E-state index in [0.717, 1.165) is 27.8 Å². The van der Waals surface area contributed by atoms with Crippen LogP contribution in [0.2, 0.25) is 5.15 Å². The highest BCUT2D eigenvalue weighted by atomic mass is 35.5. The van der Waals surface area contributed by atoms with E-state index in [-0.39, 0.29) is 42.5 Å². The Balaban J connectivity index is 0.000000179. The average molecular weight is 921 g/mol. The maximum absolute atomic E-state index is 13.1. The van der Waals surface area contributed by atoms with Gasteiger partial charge in [0.15, 0.2) is 30.4 Å². The summed E-state index contributed by atoms with van der Waals surface area (Å²) in [6, 6.07) is 23.4. The zero-order valence-corrected chi connectivity index (χ0v) is 36.7. The molecule has 8 rings (SSSR count). The SMILES string of the molecule is CC(c1ccc(F)nc1)n1cc(-c2cc(Cl)nnc2N)cn1.COCOc1ccccc1-c1cc(-c2cnn(C(C)c3ccc(F)nc3)c2)c(N)nn1.COCOc1ccccc1B(O)O. The molecule has 2 aromatic carbocycles. The monoisotopic (exact) mass is 920 g/mol. The topological polar surface area (TPSA) is 242 Å². The standard InChI is InChI=1S/C22H21FN6O2.C14H12ClFN6.C8H11BO4/c1-14(15-7-8-21(23)25-10-15)29-12-16(11-26-29)18-9-19(27-28-22(18)24)17-5-3-4-6-20(17)31-13-30-2;1-8(9-2-3-13(16)18-5-9)22-7-10(6-19-22)11-4-12(15)20-21-14(11)17;1-12-6-13-8-5-3-2-4-7(8)9(10)11/h3-12,14H,13H2,1-2H3,(H2,24,28);2-8H,1H3,(H2,17,21);2-5,10-11H,6H2,1H3. The first-order valence-corrected chi connectivity index (χ1v) is 20.3. The largest absolute Gasteiger partial charge is 0.492 e. The van der Waals surface area contributed by atoms with E-state index in [1.54, 1.807) is 71.3 Å². The lowest BCUT2D eigenvalue weighted by Gasteiger charge is -2.12. The first-order chi connectivity index (χ1) is 31.9. The smallest absolute Gasteiger partial charge is 0.468 e. The van der Waals surface area contributed by atoms with Gasteiger partial charge in [-0.15, -0.1) is 20.4 Å². The van der Waals surface area contributed by atoms with Gasteiger partial charge >= 0.3 is 7.12 Å². The summed E-state index contributed by atoms with van der Waals surface area (Å²) in [5.41, 5.74) is 18.2. The van der Waals surface area contributed by atoms with Crippen molar-refractivity contribution in [2.75, 3.05) is 39.3 Å². The van der Waals surface area contributed by atoms with Gasteiger partial charge in [-0.2, -0.15) is 19.0 Å². The molecule has 0 fully saturated rings. The second-order valence-corrected chi connectivity index (χ2v) is 14.5. The van der Waals surface area contributed by atoms with E-state index in [1.807, 2.05) is 56.6 Å². The van der Waals surface area contributed by atoms with Gasteiger partial charge in [0, 0.05) is 72.3 Å². The van der Waals surface area contributed by atoms with Crippen molar-refractivity contribution in [3.8, 4) is 45.0 Å².